The molecule has 1 N–H and O–H groups in total. The fourth-order valence-electron chi connectivity index (χ4n) is 3.84. The normalized spacial score (nSPS) is 19.0. The van der Waals surface area contributed by atoms with Crippen LogP contribution in [0.5, 0.6) is 11.5 Å². The van der Waals surface area contributed by atoms with Gasteiger partial charge in [0.2, 0.25) is 0 Å². The minimum Gasteiger partial charge on any atom is -0.489 e. The van der Waals surface area contributed by atoms with Crippen molar-refractivity contribution in [3.8, 4) is 11.5 Å². The Balaban J connectivity index is 1.63. The van der Waals surface area contributed by atoms with Crippen molar-refractivity contribution < 1.29 is 27.8 Å². The number of halogens is 4. The largest absolute Gasteiger partial charge is 0.489 e. The lowest BCUT2D eigenvalue weighted by molar-refractivity contribution is -0.152. The van der Waals surface area contributed by atoms with Crippen LogP contribution < -0.4 is 14.8 Å². The van der Waals surface area contributed by atoms with Crippen LogP contribution in [0.2, 0.25) is 10.0 Å². The molecule has 2 aliphatic rings. The zero-order chi connectivity index (χ0) is 24.1. The number of nitrogens with one attached hydrogen (secondary N) is 1. The minimum atomic E-state index is -2.99. The first-order valence-electron chi connectivity index (χ1n) is 11.3. The second-order valence-corrected chi connectivity index (χ2v) is 9.37. The van der Waals surface area contributed by atoms with Crippen LogP contribution in [-0.4, -0.2) is 36.8 Å². The molecule has 1 saturated carbocycles. The van der Waals surface area contributed by atoms with Gasteiger partial charge in [-0.05, 0) is 61.4 Å². The number of hydrogen-bond acceptors (Lipinski definition) is 6. The predicted molar refractivity (Wildman–Crippen MR) is 124 cm³/mol. The zero-order valence-corrected chi connectivity index (χ0v) is 20.0. The highest BCUT2D eigenvalue weighted by Gasteiger charge is 2.28. The van der Waals surface area contributed by atoms with E-state index in [2.05, 4.69) is 15.0 Å². The molecule has 1 aliphatic carbocycles. The van der Waals surface area contributed by atoms with E-state index in [0.29, 0.717) is 40.1 Å². The third kappa shape index (κ3) is 6.71. The summed E-state index contributed by atoms with van der Waals surface area (Å²) in [5, 5.41) is 3.86. The molecule has 184 valence electrons. The molecule has 0 unspecified atom stereocenters. The summed E-state index contributed by atoms with van der Waals surface area (Å²) in [4.78, 5) is 16.9. The van der Waals surface area contributed by atoms with Crippen molar-refractivity contribution >= 4 is 29.2 Å². The van der Waals surface area contributed by atoms with E-state index in [0.717, 1.165) is 32.2 Å². The summed E-state index contributed by atoms with van der Waals surface area (Å²) < 4.78 is 42.2. The first-order chi connectivity index (χ1) is 16.4. The second kappa shape index (κ2) is 11.5. The van der Waals surface area contributed by atoms with Crippen LogP contribution in [0.1, 0.15) is 49.3 Å². The lowest BCUT2D eigenvalue weighted by atomic mass is 10.0. The molecule has 2 heterocycles. The molecule has 10 heteroatoms. The fraction of sp³-hybridized carbons (Fsp3) is 0.500. The fourth-order valence-corrected chi connectivity index (χ4v) is 4.36. The maximum Gasteiger partial charge on any atom is 0.387 e. The number of carbonyl (C=O) groups excluding carboxylic acids is 1. The average Bonchev–Trinajstić information content (AvgIpc) is 3.65. The smallest absolute Gasteiger partial charge is 0.387 e. The number of carbonyl (C=O) groups is 1. The van der Waals surface area contributed by atoms with Gasteiger partial charge in [-0.1, -0.05) is 35.7 Å². The third-order valence-corrected chi connectivity index (χ3v) is 6.57. The Bertz CT molecular complexity index is 981. The Labute approximate surface area is 206 Å². The van der Waals surface area contributed by atoms with Crippen LogP contribution in [0.4, 0.5) is 8.78 Å². The molecule has 6 nitrogen and oxygen atoms in total. The van der Waals surface area contributed by atoms with Gasteiger partial charge in [0, 0.05) is 18.8 Å². The number of piperidine rings is 1. The molecule has 2 aromatic rings. The lowest BCUT2D eigenvalue weighted by Crippen LogP contribution is -2.42. The number of esters is 1. The maximum atomic E-state index is 12.9. The molecule has 0 spiro atoms. The van der Waals surface area contributed by atoms with E-state index in [1.165, 1.54) is 18.5 Å². The van der Waals surface area contributed by atoms with Gasteiger partial charge in [0.25, 0.3) is 0 Å². The van der Waals surface area contributed by atoms with Crippen LogP contribution in [0.3, 0.4) is 0 Å². The topological polar surface area (TPSA) is 69.7 Å². The number of nitrogens with zero attached hydrogens (tertiary/aromatic N) is 1. The first-order valence-corrected chi connectivity index (χ1v) is 12.1. The predicted octanol–water partition coefficient (Wildman–Crippen LogP) is 5.75. The van der Waals surface area contributed by atoms with E-state index in [4.69, 9.17) is 32.7 Å². The van der Waals surface area contributed by atoms with Gasteiger partial charge >= 0.3 is 12.6 Å². The molecule has 1 saturated heterocycles. The minimum absolute atomic E-state index is 0.0709. The Morgan fingerprint density at radius 3 is 2.53 bits per heavy atom. The van der Waals surface area contributed by atoms with Crippen molar-refractivity contribution in [2.24, 2.45) is 5.92 Å². The molecule has 1 aromatic heterocycles. The van der Waals surface area contributed by atoms with Gasteiger partial charge in [-0.3, -0.25) is 9.78 Å². The monoisotopic (exact) mass is 514 g/mol. The van der Waals surface area contributed by atoms with Gasteiger partial charge in [0.1, 0.15) is 12.1 Å². The van der Waals surface area contributed by atoms with E-state index < -0.39 is 18.8 Å². The first kappa shape index (κ1) is 24.9. The summed E-state index contributed by atoms with van der Waals surface area (Å²) in [5.74, 6) is 0.120. The summed E-state index contributed by atoms with van der Waals surface area (Å²) >= 11 is 12.6. The molecule has 2 fully saturated rings. The van der Waals surface area contributed by atoms with Crippen molar-refractivity contribution in [2.45, 2.75) is 57.3 Å². The molecular weight excluding hydrogens is 489 g/mol. The SMILES string of the molecule is O=C(O[C@@H](Cc1c(Cl)cncc1Cl)c1ccc(OC(F)F)c(OCC2CC2)c1)[C@H]1CCCCN1. The Morgan fingerprint density at radius 1 is 1.12 bits per heavy atom. The average molecular weight is 515 g/mol. The standard InChI is InChI=1S/C24H26Cl2F2N2O4/c25-17-11-29-12-18(26)16(17)10-21(33-23(31)19-3-1-2-8-30-19)15-6-7-20(34-24(27)28)22(9-15)32-13-14-4-5-14/h6-7,9,11-12,14,19,21,24,30H,1-5,8,10,13H2/t19-,21+/m1/s1. The molecular formula is C24H26Cl2F2N2O4. The Morgan fingerprint density at radius 2 is 1.88 bits per heavy atom. The number of aromatic nitrogens is 1. The number of hydrogen-bond donors (Lipinski definition) is 1. The van der Waals surface area contributed by atoms with Gasteiger partial charge in [-0.15, -0.1) is 0 Å². The highest BCUT2D eigenvalue weighted by atomic mass is 35.5. The molecule has 2 atom stereocenters. The molecule has 0 amide bonds. The quantitative estimate of drug-likeness (QED) is 0.407. The van der Waals surface area contributed by atoms with Gasteiger partial charge in [0.15, 0.2) is 11.5 Å². The number of ether oxygens (including phenoxy) is 3. The molecule has 0 radical (unpaired) electrons. The summed E-state index contributed by atoms with van der Waals surface area (Å²) in [6, 6.07) is 4.15. The van der Waals surface area contributed by atoms with Crippen molar-refractivity contribution in [1.29, 1.82) is 0 Å². The van der Waals surface area contributed by atoms with Crippen molar-refractivity contribution in [2.75, 3.05) is 13.2 Å². The summed E-state index contributed by atoms with van der Waals surface area (Å²) in [6.07, 6.45) is 7.02. The molecule has 1 aliphatic heterocycles. The molecule has 1 aromatic carbocycles. The Kier molecular flexibility index (Phi) is 8.45. The molecule has 4 rings (SSSR count). The lowest BCUT2D eigenvalue weighted by Gasteiger charge is -2.26. The highest BCUT2D eigenvalue weighted by Crippen LogP contribution is 2.38. The second-order valence-electron chi connectivity index (χ2n) is 8.55. The van der Waals surface area contributed by atoms with Gasteiger partial charge in [-0.2, -0.15) is 8.78 Å². The third-order valence-electron chi connectivity index (χ3n) is 5.92. The molecule has 0 bridgehead atoms. The van der Waals surface area contributed by atoms with E-state index >= 15 is 0 Å². The van der Waals surface area contributed by atoms with Crippen LogP contribution in [-0.2, 0) is 16.0 Å². The number of rotatable bonds is 10. The summed E-state index contributed by atoms with van der Waals surface area (Å²) in [5.41, 5.74) is 1.13. The van der Waals surface area contributed by atoms with Gasteiger partial charge < -0.3 is 19.5 Å². The van der Waals surface area contributed by atoms with Gasteiger partial charge in [0.05, 0.1) is 16.7 Å². The van der Waals surface area contributed by atoms with Crippen molar-refractivity contribution in [1.82, 2.24) is 10.3 Å². The van der Waals surface area contributed by atoms with E-state index in [9.17, 15) is 13.6 Å². The summed E-state index contributed by atoms with van der Waals surface area (Å²) in [7, 11) is 0. The number of pyridine rings is 1. The van der Waals surface area contributed by atoms with Crippen molar-refractivity contribution in [3.05, 3.63) is 51.8 Å². The van der Waals surface area contributed by atoms with Crippen LogP contribution in [0, 0.1) is 5.92 Å². The Hall–Kier alpha value is -2.16. The van der Waals surface area contributed by atoms with E-state index in [-0.39, 0.29) is 23.9 Å². The van der Waals surface area contributed by atoms with Crippen molar-refractivity contribution in [3.63, 3.8) is 0 Å². The maximum absolute atomic E-state index is 12.9. The highest BCUT2D eigenvalue weighted by molar-refractivity contribution is 6.35. The van der Waals surface area contributed by atoms with E-state index in [1.807, 2.05) is 0 Å². The van der Waals surface area contributed by atoms with Crippen LogP contribution >= 0.6 is 23.2 Å². The number of alkyl halides is 2. The summed E-state index contributed by atoms with van der Waals surface area (Å²) in [6.45, 7) is -1.85. The van der Waals surface area contributed by atoms with Crippen LogP contribution in [0.15, 0.2) is 30.6 Å². The number of benzene rings is 1. The molecule has 34 heavy (non-hydrogen) atoms. The zero-order valence-electron chi connectivity index (χ0n) is 18.4. The van der Waals surface area contributed by atoms with Gasteiger partial charge in [-0.25, -0.2) is 0 Å². The van der Waals surface area contributed by atoms with Crippen LogP contribution in [0.25, 0.3) is 0 Å². The van der Waals surface area contributed by atoms with E-state index in [1.54, 1.807) is 12.1 Å².